The van der Waals surface area contributed by atoms with Crippen LogP contribution >= 0.6 is 0 Å². The van der Waals surface area contributed by atoms with Gasteiger partial charge in [0, 0.05) is 31.2 Å². The molecule has 1 unspecified atom stereocenters. The molecule has 0 saturated heterocycles. The third kappa shape index (κ3) is 3.46. The lowest BCUT2D eigenvalue weighted by atomic mass is 10.0. The summed E-state index contributed by atoms with van der Waals surface area (Å²) in [5.41, 5.74) is 8.10. The minimum Gasteiger partial charge on any atom is -0.324 e. The van der Waals surface area contributed by atoms with E-state index in [0.29, 0.717) is 4.90 Å². The molecule has 1 aromatic heterocycles. The lowest BCUT2D eigenvalue weighted by Gasteiger charge is -2.13. The molecule has 0 aliphatic heterocycles. The van der Waals surface area contributed by atoms with Crippen LogP contribution in [0.25, 0.3) is 0 Å². The predicted octanol–water partition coefficient (Wildman–Crippen LogP) is 1.46. The minimum absolute atomic E-state index is 0.188. The Hall–Kier alpha value is -1.66. The van der Waals surface area contributed by atoms with Crippen LogP contribution in [0.1, 0.15) is 23.7 Å². The number of hydrogen-bond acceptors (Lipinski definition) is 4. The van der Waals surface area contributed by atoms with Gasteiger partial charge in [0.1, 0.15) is 0 Å². The monoisotopic (exact) mass is 293 g/mol. The van der Waals surface area contributed by atoms with Crippen LogP contribution in [0.3, 0.4) is 0 Å². The number of aromatic nitrogens is 2. The zero-order chi connectivity index (χ0) is 14.8. The van der Waals surface area contributed by atoms with Gasteiger partial charge in [-0.25, -0.2) is 8.42 Å². The molecule has 0 aliphatic rings. The Morgan fingerprint density at radius 2 is 2.10 bits per heavy atom. The third-order valence-corrected chi connectivity index (χ3v) is 4.46. The van der Waals surface area contributed by atoms with Crippen molar-refractivity contribution in [3.05, 3.63) is 47.8 Å². The molecule has 6 heteroatoms. The molecule has 1 atom stereocenters. The number of benzene rings is 1. The molecule has 2 N–H and O–H groups in total. The van der Waals surface area contributed by atoms with Crippen LogP contribution in [-0.2, 0) is 23.3 Å². The summed E-state index contributed by atoms with van der Waals surface area (Å²) in [4.78, 5) is 0.311. The van der Waals surface area contributed by atoms with Crippen molar-refractivity contribution in [2.45, 2.75) is 23.8 Å². The quantitative estimate of drug-likeness (QED) is 0.905. The van der Waals surface area contributed by atoms with E-state index in [1.807, 2.05) is 23.9 Å². The zero-order valence-electron chi connectivity index (χ0n) is 11.7. The molecule has 5 nitrogen and oxygen atoms in total. The average molecular weight is 293 g/mol. The van der Waals surface area contributed by atoms with Gasteiger partial charge in [-0.05, 0) is 36.6 Å². The van der Waals surface area contributed by atoms with E-state index in [1.165, 1.54) is 6.26 Å². The molecule has 0 fully saturated rings. The van der Waals surface area contributed by atoms with Crippen molar-refractivity contribution >= 4 is 9.84 Å². The highest BCUT2D eigenvalue weighted by atomic mass is 32.2. The molecule has 0 saturated carbocycles. The van der Waals surface area contributed by atoms with Crippen molar-refractivity contribution < 1.29 is 8.42 Å². The minimum atomic E-state index is -3.19. The molecule has 20 heavy (non-hydrogen) atoms. The van der Waals surface area contributed by atoms with E-state index in [2.05, 4.69) is 5.10 Å². The highest BCUT2D eigenvalue weighted by molar-refractivity contribution is 7.90. The molecule has 1 heterocycles. The largest absolute Gasteiger partial charge is 0.324 e. The molecule has 2 rings (SSSR count). The van der Waals surface area contributed by atoms with Crippen LogP contribution in [0.5, 0.6) is 0 Å². The number of rotatable bonds is 5. The second-order valence-electron chi connectivity index (χ2n) is 4.94. The number of nitrogens with zero attached hydrogens (tertiary/aromatic N) is 2. The Morgan fingerprint density at radius 3 is 2.70 bits per heavy atom. The van der Waals surface area contributed by atoms with Crippen LogP contribution < -0.4 is 5.73 Å². The summed E-state index contributed by atoms with van der Waals surface area (Å²) in [6.07, 6.45) is 4.51. The first-order chi connectivity index (χ1) is 9.38. The van der Waals surface area contributed by atoms with Crippen LogP contribution in [0.4, 0.5) is 0 Å². The standard InChI is InChI=1S/C14H19N3O2S/c1-17-12(8-9-16-17)6-7-14(15)11-4-3-5-13(10-11)20(2,18)19/h3-5,8-10,14H,6-7,15H2,1-2H3. The van der Waals surface area contributed by atoms with Gasteiger partial charge in [-0.1, -0.05) is 12.1 Å². The van der Waals surface area contributed by atoms with Crippen molar-refractivity contribution in [2.24, 2.45) is 12.8 Å². The number of nitrogens with two attached hydrogens (primary N) is 1. The second-order valence-corrected chi connectivity index (χ2v) is 6.95. The molecule has 0 amide bonds. The maximum atomic E-state index is 11.5. The molecule has 108 valence electrons. The maximum absolute atomic E-state index is 11.5. The number of sulfone groups is 1. The number of hydrogen-bond donors (Lipinski definition) is 1. The third-order valence-electron chi connectivity index (χ3n) is 3.35. The van der Waals surface area contributed by atoms with Crippen molar-refractivity contribution in [3.8, 4) is 0 Å². The second kappa shape index (κ2) is 5.76. The van der Waals surface area contributed by atoms with Crippen LogP contribution in [0.2, 0.25) is 0 Å². The van der Waals surface area contributed by atoms with E-state index in [1.54, 1.807) is 24.4 Å². The summed E-state index contributed by atoms with van der Waals surface area (Å²) in [7, 11) is -1.30. The fraction of sp³-hybridized carbons (Fsp3) is 0.357. The highest BCUT2D eigenvalue weighted by Crippen LogP contribution is 2.20. The Balaban J connectivity index is 2.10. The van der Waals surface area contributed by atoms with Gasteiger partial charge in [-0.3, -0.25) is 4.68 Å². The summed E-state index contributed by atoms with van der Waals surface area (Å²) in [6.45, 7) is 0. The summed E-state index contributed by atoms with van der Waals surface area (Å²) in [5, 5.41) is 4.11. The van der Waals surface area contributed by atoms with Gasteiger partial charge < -0.3 is 5.73 Å². The van der Waals surface area contributed by atoms with Gasteiger partial charge in [-0.2, -0.15) is 5.10 Å². The van der Waals surface area contributed by atoms with Gasteiger partial charge in [-0.15, -0.1) is 0 Å². The lowest BCUT2D eigenvalue weighted by Crippen LogP contribution is -2.13. The predicted molar refractivity (Wildman–Crippen MR) is 78.0 cm³/mol. The molecule has 1 aromatic carbocycles. The Morgan fingerprint density at radius 1 is 1.35 bits per heavy atom. The summed E-state index contributed by atoms with van der Waals surface area (Å²) < 4.78 is 24.9. The first-order valence-electron chi connectivity index (χ1n) is 6.40. The fourth-order valence-electron chi connectivity index (χ4n) is 2.09. The molecule has 0 bridgehead atoms. The van der Waals surface area contributed by atoms with Crippen molar-refractivity contribution in [3.63, 3.8) is 0 Å². The Labute approximate surface area is 119 Å². The normalized spacial score (nSPS) is 13.3. The van der Waals surface area contributed by atoms with Gasteiger partial charge in [0.25, 0.3) is 0 Å². The van der Waals surface area contributed by atoms with Gasteiger partial charge in [0.15, 0.2) is 9.84 Å². The SMILES string of the molecule is Cn1nccc1CCC(N)c1cccc(S(C)(=O)=O)c1. The molecular weight excluding hydrogens is 274 g/mol. The van der Waals surface area contributed by atoms with Crippen LogP contribution in [0, 0.1) is 0 Å². The summed E-state index contributed by atoms with van der Waals surface area (Å²) in [6, 6.07) is 8.61. The van der Waals surface area contributed by atoms with E-state index in [-0.39, 0.29) is 6.04 Å². The topological polar surface area (TPSA) is 78.0 Å². The highest BCUT2D eigenvalue weighted by Gasteiger charge is 2.12. The molecule has 0 spiro atoms. The smallest absolute Gasteiger partial charge is 0.175 e. The van der Waals surface area contributed by atoms with E-state index >= 15 is 0 Å². The van der Waals surface area contributed by atoms with E-state index < -0.39 is 9.84 Å². The van der Waals surface area contributed by atoms with Crippen molar-refractivity contribution in [2.75, 3.05) is 6.26 Å². The number of aryl methyl sites for hydroxylation is 2. The van der Waals surface area contributed by atoms with Crippen molar-refractivity contribution in [1.82, 2.24) is 9.78 Å². The summed E-state index contributed by atoms with van der Waals surface area (Å²) >= 11 is 0. The van der Waals surface area contributed by atoms with E-state index in [4.69, 9.17) is 5.73 Å². The molecular formula is C14H19N3O2S. The van der Waals surface area contributed by atoms with Crippen LogP contribution in [-0.4, -0.2) is 24.5 Å². The van der Waals surface area contributed by atoms with Gasteiger partial charge >= 0.3 is 0 Å². The Kier molecular flexibility index (Phi) is 4.25. The van der Waals surface area contributed by atoms with E-state index in [9.17, 15) is 8.42 Å². The first-order valence-corrected chi connectivity index (χ1v) is 8.29. The maximum Gasteiger partial charge on any atom is 0.175 e. The average Bonchev–Trinajstić information content (AvgIpc) is 2.81. The van der Waals surface area contributed by atoms with Crippen LogP contribution in [0.15, 0.2) is 41.4 Å². The lowest BCUT2D eigenvalue weighted by molar-refractivity contribution is 0.599. The zero-order valence-corrected chi connectivity index (χ0v) is 12.5. The molecule has 0 aliphatic carbocycles. The molecule has 0 radical (unpaired) electrons. The molecule has 2 aromatic rings. The Bertz CT molecular complexity index is 692. The van der Waals surface area contributed by atoms with E-state index in [0.717, 1.165) is 24.1 Å². The summed E-state index contributed by atoms with van der Waals surface area (Å²) in [5.74, 6) is 0. The van der Waals surface area contributed by atoms with Gasteiger partial charge in [0.2, 0.25) is 0 Å². The van der Waals surface area contributed by atoms with Crippen molar-refractivity contribution in [1.29, 1.82) is 0 Å². The first kappa shape index (κ1) is 14.7. The fourth-order valence-corrected chi connectivity index (χ4v) is 2.77. The van der Waals surface area contributed by atoms with Gasteiger partial charge in [0.05, 0.1) is 4.90 Å².